The Hall–Kier alpha value is -2.55. The summed E-state index contributed by atoms with van der Waals surface area (Å²) in [7, 11) is 0. The van der Waals surface area contributed by atoms with E-state index in [2.05, 4.69) is 74.3 Å². The van der Waals surface area contributed by atoms with Crippen molar-refractivity contribution in [3.8, 4) is 0 Å². The third-order valence-electron chi connectivity index (χ3n) is 4.78. The van der Waals surface area contributed by atoms with Gasteiger partial charge in [-0.05, 0) is 40.8 Å². The zero-order valence-electron chi connectivity index (χ0n) is 15.4. The molecule has 0 atom stereocenters. The summed E-state index contributed by atoms with van der Waals surface area (Å²) < 4.78 is 0. The maximum absolute atomic E-state index is 4.73. The second-order valence-corrected chi connectivity index (χ2v) is 7.35. The smallest absolute Gasteiger partial charge is 0.0675 e. The summed E-state index contributed by atoms with van der Waals surface area (Å²) in [6.07, 6.45) is 4.40. The first-order valence-electron chi connectivity index (χ1n) is 8.79. The van der Waals surface area contributed by atoms with Gasteiger partial charge in [0.25, 0.3) is 0 Å². The highest BCUT2D eigenvalue weighted by Crippen LogP contribution is 2.31. The minimum absolute atomic E-state index is 0.124. The van der Waals surface area contributed by atoms with Crippen LogP contribution < -0.4 is 0 Å². The molecule has 25 heavy (non-hydrogen) atoms. The van der Waals surface area contributed by atoms with E-state index in [0.717, 1.165) is 23.4 Å². The lowest BCUT2D eigenvalue weighted by atomic mass is 9.80. The van der Waals surface area contributed by atoms with Crippen LogP contribution in [0.3, 0.4) is 0 Å². The Morgan fingerprint density at radius 3 is 2.28 bits per heavy atom. The molecule has 0 saturated carbocycles. The SMILES string of the molecule is CC(C)c1ccc(C(C)(C)c2ccc(Cc3cccnn3)cn2)cc1. The Kier molecular flexibility index (Phi) is 4.93. The number of rotatable bonds is 5. The predicted octanol–water partition coefficient (Wildman–Crippen LogP) is 4.91. The zero-order valence-corrected chi connectivity index (χ0v) is 15.4. The molecule has 0 N–H and O–H groups in total. The number of pyridine rings is 1. The fourth-order valence-corrected chi connectivity index (χ4v) is 2.97. The molecule has 128 valence electrons. The van der Waals surface area contributed by atoms with Gasteiger partial charge in [-0.1, -0.05) is 58.0 Å². The van der Waals surface area contributed by atoms with Gasteiger partial charge < -0.3 is 0 Å². The molecule has 0 bridgehead atoms. The van der Waals surface area contributed by atoms with Gasteiger partial charge in [-0.3, -0.25) is 4.98 Å². The molecule has 2 aromatic heterocycles. The van der Waals surface area contributed by atoms with Gasteiger partial charge in [-0.25, -0.2) is 0 Å². The van der Waals surface area contributed by atoms with Crippen LogP contribution in [0, 0.1) is 0 Å². The van der Waals surface area contributed by atoms with E-state index in [0.29, 0.717) is 5.92 Å². The molecular weight excluding hydrogens is 306 g/mol. The van der Waals surface area contributed by atoms with Crippen LogP contribution in [0.15, 0.2) is 60.9 Å². The van der Waals surface area contributed by atoms with E-state index in [1.807, 2.05) is 18.3 Å². The zero-order chi connectivity index (χ0) is 17.9. The van der Waals surface area contributed by atoms with E-state index >= 15 is 0 Å². The number of benzene rings is 1. The third kappa shape index (κ3) is 3.93. The lowest BCUT2D eigenvalue weighted by molar-refractivity contribution is 0.615. The number of hydrogen-bond donors (Lipinski definition) is 0. The summed E-state index contributed by atoms with van der Waals surface area (Å²) in [5, 5.41) is 8.06. The Balaban J connectivity index is 1.80. The van der Waals surface area contributed by atoms with Crippen molar-refractivity contribution >= 4 is 0 Å². The van der Waals surface area contributed by atoms with Crippen molar-refractivity contribution in [1.82, 2.24) is 15.2 Å². The molecule has 0 unspecified atom stereocenters. The summed E-state index contributed by atoms with van der Waals surface area (Å²) in [5.74, 6) is 0.552. The minimum Gasteiger partial charge on any atom is -0.260 e. The highest BCUT2D eigenvalue weighted by atomic mass is 15.1. The molecule has 0 saturated heterocycles. The summed E-state index contributed by atoms with van der Waals surface area (Å²) in [4.78, 5) is 4.73. The van der Waals surface area contributed by atoms with Crippen molar-refractivity contribution in [3.63, 3.8) is 0 Å². The third-order valence-corrected chi connectivity index (χ3v) is 4.78. The van der Waals surface area contributed by atoms with Gasteiger partial charge in [0.2, 0.25) is 0 Å². The van der Waals surface area contributed by atoms with Gasteiger partial charge in [0.05, 0.1) is 11.4 Å². The van der Waals surface area contributed by atoms with Gasteiger partial charge in [-0.15, -0.1) is 0 Å². The second-order valence-electron chi connectivity index (χ2n) is 7.35. The molecular formula is C22H25N3. The molecule has 3 heteroatoms. The fourth-order valence-electron chi connectivity index (χ4n) is 2.97. The van der Waals surface area contributed by atoms with Gasteiger partial charge >= 0.3 is 0 Å². The van der Waals surface area contributed by atoms with Crippen molar-refractivity contribution in [3.05, 3.63) is 89.0 Å². The topological polar surface area (TPSA) is 38.7 Å². The highest BCUT2D eigenvalue weighted by Gasteiger charge is 2.24. The number of hydrogen-bond acceptors (Lipinski definition) is 3. The molecule has 1 aromatic carbocycles. The molecule has 0 spiro atoms. The van der Waals surface area contributed by atoms with Gasteiger partial charge in [-0.2, -0.15) is 10.2 Å². The molecule has 3 rings (SSSR count). The van der Waals surface area contributed by atoms with Crippen LogP contribution in [-0.4, -0.2) is 15.2 Å². The van der Waals surface area contributed by atoms with Crippen molar-refractivity contribution in [2.75, 3.05) is 0 Å². The van der Waals surface area contributed by atoms with E-state index in [4.69, 9.17) is 4.98 Å². The first-order valence-corrected chi connectivity index (χ1v) is 8.79. The normalized spacial score (nSPS) is 11.7. The molecule has 0 aliphatic heterocycles. The fraction of sp³-hybridized carbons (Fsp3) is 0.318. The average molecular weight is 331 g/mol. The first kappa shape index (κ1) is 17.3. The van der Waals surface area contributed by atoms with Crippen LogP contribution in [0.4, 0.5) is 0 Å². The maximum Gasteiger partial charge on any atom is 0.0675 e. The Bertz CT molecular complexity index is 804. The van der Waals surface area contributed by atoms with E-state index < -0.39 is 0 Å². The van der Waals surface area contributed by atoms with E-state index in [-0.39, 0.29) is 5.41 Å². The molecule has 0 amide bonds. The highest BCUT2D eigenvalue weighted by molar-refractivity contribution is 5.37. The molecule has 0 aliphatic rings. The van der Waals surface area contributed by atoms with Gasteiger partial charge in [0.1, 0.15) is 0 Å². The van der Waals surface area contributed by atoms with Gasteiger partial charge in [0, 0.05) is 24.2 Å². The Labute approximate surface area is 150 Å². The van der Waals surface area contributed by atoms with Crippen molar-refractivity contribution in [2.24, 2.45) is 0 Å². The van der Waals surface area contributed by atoms with Crippen molar-refractivity contribution < 1.29 is 0 Å². The van der Waals surface area contributed by atoms with Crippen molar-refractivity contribution in [2.45, 2.75) is 45.4 Å². The Morgan fingerprint density at radius 1 is 0.960 bits per heavy atom. The van der Waals surface area contributed by atoms with Crippen LogP contribution in [0.5, 0.6) is 0 Å². The largest absolute Gasteiger partial charge is 0.260 e. The van der Waals surface area contributed by atoms with Crippen LogP contribution in [0.2, 0.25) is 0 Å². The quantitative estimate of drug-likeness (QED) is 0.666. The molecule has 0 aliphatic carbocycles. The Morgan fingerprint density at radius 2 is 1.72 bits per heavy atom. The maximum atomic E-state index is 4.73. The lowest BCUT2D eigenvalue weighted by Crippen LogP contribution is -2.20. The molecule has 3 aromatic rings. The molecule has 3 nitrogen and oxygen atoms in total. The van der Waals surface area contributed by atoms with Crippen molar-refractivity contribution in [1.29, 1.82) is 0 Å². The van der Waals surface area contributed by atoms with Crippen LogP contribution in [0.25, 0.3) is 0 Å². The lowest BCUT2D eigenvalue weighted by Gasteiger charge is -2.25. The second kappa shape index (κ2) is 7.14. The first-order chi connectivity index (χ1) is 12.0. The van der Waals surface area contributed by atoms with E-state index in [1.165, 1.54) is 11.1 Å². The summed E-state index contributed by atoms with van der Waals surface area (Å²) in [6, 6.07) is 17.1. The average Bonchev–Trinajstić information content (AvgIpc) is 2.63. The summed E-state index contributed by atoms with van der Waals surface area (Å²) in [6.45, 7) is 8.89. The molecule has 2 heterocycles. The van der Waals surface area contributed by atoms with E-state index in [9.17, 15) is 0 Å². The predicted molar refractivity (Wildman–Crippen MR) is 102 cm³/mol. The van der Waals surface area contributed by atoms with Crippen LogP contribution in [-0.2, 0) is 11.8 Å². The van der Waals surface area contributed by atoms with Gasteiger partial charge in [0.15, 0.2) is 0 Å². The standard InChI is InChI=1S/C22H25N3/c1-16(2)18-8-10-19(11-9-18)22(3,4)21-12-7-17(15-23-21)14-20-6-5-13-24-25-20/h5-13,15-16H,14H2,1-4H3. The van der Waals surface area contributed by atoms with Crippen LogP contribution in [0.1, 0.15) is 61.7 Å². The number of nitrogens with zero attached hydrogens (tertiary/aromatic N) is 3. The summed E-state index contributed by atoms with van der Waals surface area (Å²) >= 11 is 0. The molecule has 0 radical (unpaired) electrons. The monoisotopic (exact) mass is 331 g/mol. The summed E-state index contributed by atoms with van der Waals surface area (Å²) in [5.41, 5.74) is 5.71. The number of aromatic nitrogens is 3. The van der Waals surface area contributed by atoms with Crippen LogP contribution >= 0.6 is 0 Å². The minimum atomic E-state index is -0.124. The van der Waals surface area contributed by atoms with E-state index in [1.54, 1.807) is 6.20 Å². The molecule has 0 fully saturated rings.